The lowest BCUT2D eigenvalue weighted by Crippen LogP contribution is -2.25. The molecule has 0 aliphatic heterocycles. The van der Waals surface area contributed by atoms with Crippen LogP contribution in [0.15, 0.2) is 36.4 Å². The van der Waals surface area contributed by atoms with E-state index in [2.05, 4.69) is 34.9 Å². The zero-order valence-electron chi connectivity index (χ0n) is 12.8. The molecule has 3 rings (SSSR count). The number of nitrogens with two attached hydrogens (primary N) is 1. The van der Waals surface area contributed by atoms with E-state index in [1.807, 2.05) is 0 Å². The number of aryl methyl sites for hydroxylation is 2. The number of urea groups is 1. The van der Waals surface area contributed by atoms with E-state index in [9.17, 15) is 13.6 Å². The Morgan fingerprint density at radius 2 is 1.74 bits per heavy atom. The minimum absolute atomic E-state index is 0.161. The molecule has 2 aromatic carbocycles. The summed E-state index contributed by atoms with van der Waals surface area (Å²) in [6.45, 7) is 0. The Bertz CT molecular complexity index is 658. The van der Waals surface area contributed by atoms with Gasteiger partial charge >= 0.3 is 6.03 Å². The fourth-order valence-corrected chi connectivity index (χ4v) is 2.42. The highest BCUT2D eigenvalue weighted by Gasteiger charge is 2.11. The summed E-state index contributed by atoms with van der Waals surface area (Å²) in [7, 11) is 1.37. The molecule has 4 N–H and O–H groups in total. The Morgan fingerprint density at radius 3 is 2.26 bits per heavy atom. The Balaban J connectivity index is 0.000000182. The van der Waals surface area contributed by atoms with Crippen LogP contribution in [-0.2, 0) is 12.8 Å². The molecule has 1 aliphatic carbocycles. The molecular weight excluding hydrogens is 300 g/mol. The second-order valence-corrected chi connectivity index (χ2v) is 5.18. The highest BCUT2D eigenvalue weighted by Crippen LogP contribution is 2.23. The van der Waals surface area contributed by atoms with Crippen LogP contribution in [0.25, 0.3) is 0 Å². The summed E-state index contributed by atoms with van der Waals surface area (Å²) in [6.07, 6.45) is 3.96. The third-order valence-corrected chi connectivity index (χ3v) is 3.56. The largest absolute Gasteiger partial charge is 0.397 e. The number of nitrogens with one attached hydrogen (secondary N) is 2. The van der Waals surface area contributed by atoms with Crippen molar-refractivity contribution in [2.45, 2.75) is 19.3 Å². The maximum atomic E-state index is 13.0. The van der Waals surface area contributed by atoms with Crippen molar-refractivity contribution in [1.29, 1.82) is 0 Å². The van der Waals surface area contributed by atoms with Gasteiger partial charge in [0.2, 0.25) is 0 Å². The highest BCUT2D eigenvalue weighted by molar-refractivity contribution is 5.92. The van der Waals surface area contributed by atoms with Crippen LogP contribution in [0.2, 0.25) is 0 Å². The first kappa shape index (κ1) is 16.7. The van der Waals surface area contributed by atoms with Gasteiger partial charge in [-0.25, -0.2) is 13.6 Å². The average Bonchev–Trinajstić information content (AvgIpc) is 2.99. The number of nitrogen functional groups attached to an aromatic ring is 1. The maximum absolute atomic E-state index is 13.0. The van der Waals surface area contributed by atoms with Crippen LogP contribution in [0.5, 0.6) is 0 Å². The number of anilines is 2. The summed E-state index contributed by atoms with van der Waals surface area (Å²) >= 11 is 0. The van der Waals surface area contributed by atoms with Crippen molar-refractivity contribution in [3.05, 3.63) is 59.2 Å². The van der Waals surface area contributed by atoms with Crippen LogP contribution < -0.4 is 16.4 Å². The lowest BCUT2D eigenvalue weighted by atomic mass is 10.1. The van der Waals surface area contributed by atoms with Crippen LogP contribution >= 0.6 is 0 Å². The third kappa shape index (κ3) is 4.42. The number of benzene rings is 2. The summed E-state index contributed by atoms with van der Waals surface area (Å²) < 4.78 is 25.6. The first-order valence-corrected chi connectivity index (χ1v) is 7.31. The summed E-state index contributed by atoms with van der Waals surface area (Å²) in [6, 6.07) is 9.68. The molecule has 0 fully saturated rings. The molecule has 2 aromatic rings. The molecule has 0 saturated carbocycles. The topological polar surface area (TPSA) is 67.2 Å². The van der Waals surface area contributed by atoms with Gasteiger partial charge in [0.25, 0.3) is 0 Å². The molecular formula is C17H19F2N3O. The quantitative estimate of drug-likeness (QED) is 0.705. The fourth-order valence-electron chi connectivity index (χ4n) is 2.42. The predicted octanol–water partition coefficient (Wildman–Crippen LogP) is 3.47. The van der Waals surface area contributed by atoms with Crippen LogP contribution in [0.1, 0.15) is 17.5 Å². The van der Waals surface area contributed by atoms with Gasteiger partial charge in [-0.15, -0.1) is 0 Å². The van der Waals surface area contributed by atoms with Crippen LogP contribution in [0.3, 0.4) is 0 Å². The molecule has 0 saturated heterocycles. The number of carbonyl (C=O) groups excluding carboxylic acids is 1. The monoisotopic (exact) mass is 319 g/mol. The standard InChI is InChI=1S/C9H10.C8H9F2N3O/c1-2-5-9-7-3-6-8(9)4-1;1-12-8(14)13-7-5(10)2-4(9)3-6(7)11/h1-2,4-5H,3,6-7H2;2-3H,11H2,1H3,(H2,12,13,14). The Hall–Kier alpha value is -2.63. The Morgan fingerprint density at radius 1 is 1.13 bits per heavy atom. The molecule has 6 heteroatoms. The smallest absolute Gasteiger partial charge is 0.319 e. The first-order valence-electron chi connectivity index (χ1n) is 7.31. The van der Waals surface area contributed by atoms with Gasteiger partial charge in [0.15, 0.2) is 5.82 Å². The SMILES string of the molecule is CNC(=O)Nc1c(N)cc(F)cc1F.c1ccc2c(c1)CCC2. The zero-order chi connectivity index (χ0) is 16.8. The van der Waals surface area contributed by atoms with E-state index < -0.39 is 17.7 Å². The second kappa shape index (κ2) is 7.58. The maximum Gasteiger partial charge on any atom is 0.319 e. The molecule has 2 amide bonds. The number of amides is 2. The Kier molecular flexibility index (Phi) is 5.51. The predicted molar refractivity (Wildman–Crippen MR) is 87.3 cm³/mol. The molecule has 1 aliphatic rings. The van der Waals surface area contributed by atoms with Gasteiger partial charge in [0, 0.05) is 13.1 Å². The van der Waals surface area contributed by atoms with Crippen molar-refractivity contribution in [1.82, 2.24) is 5.32 Å². The average molecular weight is 319 g/mol. The summed E-state index contributed by atoms with van der Waals surface area (Å²) in [4.78, 5) is 10.8. The molecule has 0 spiro atoms. The fraction of sp³-hybridized carbons (Fsp3) is 0.235. The van der Waals surface area contributed by atoms with Crippen molar-refractivity contribution < 1.29 is 13.6 Å². The number of carbonyl (C=O) groups is 1. The van der Waals surface area contributed by atoms with Crippen LogP contribution in [-0.4, -0.2) is 13.1 Å². The lowest BCUT2D eigenvalue weighted by molar-refractivity contribution is 0.254. The van der Waals surface area contributed by atoms with Crippen molar-refractivity contribution in [3.63, 3.8) is 0 Å². The van der Waals surface area contributed by atoms with Crippen molar-refractivity contribution in [2.24, 2.45) is 0 Å². The molecule has 23 heavy (non-hydrogen) atoms. The van der Waals surface area contributed by atoms with Gasteiger partial charge in [-0.3, -0.25) is 0 Å². The van der Waals surface area contributed by atoms with Gasteiger partial charge in [-0.05, 0) is 36.5 Å². The van der Waals surface area contributed by atoms with E-state index in [1.54, 1.807) is 11.1 Å². The van der Waals surface area contributed by atoms with Crippen LogP contribution in [0.4, 0.5) is 25.0 Å². The first-order chi connectivity index (χ1) is 11.0. The van der Waals surface area contributed by atoms with Gasteiger partial charge in [-0.2, -0.15) is 0 Å². The van der Waals surface area contributed by atoms with Crippen molar-refractivity contribution >= 4 is 17.4 Å². The van der Waals surface area contributed by atoms with Crippen molar-refractivity contribution in [2.75, 3.05) is 18.1 Å². The van der Waals surface area contributed by atoms with Crippen LogP contribution in [0, 0.1) is 11.6 Å². The third-order valence-electron chi connectivity index (χ3n) is 3.56. The second-order valence-electron chi connectivity index (χ2n) is 5.18. The molecule has 0 atom stereocenters. The van der Waals surface area contributed by atoms with Gasteiger partial charge in [0.1, 0.15) is 11.5 Å². The lowest BCUT2D eigenvalue weighted by Gasteiger charge is -2.08. The summed E-state index contributed by atoms with van der Waals surface area (Å²) in [5.41, 5.74) is 8.05. The van der Waals surface area contributed by atoms with Gasteiger partial charge in [-0.1, -0.05) is 24.3 Å². The van der Waals surface area contributed by atoms with E-state index >= 15 is 0 Å². The Labute approximate surface area is 133 Å². The van der Waals surface area contributed by atoms with Crippen molar-refractivity contribution in [3.8, 4) is 0 Å². The molecule has 0 unspecified atom stereocenters. The van der Waals surface area contributed by atoms with Gasteiger partial charge in [0.05, 0.1) is 5.69 Å². The molecule has 0 heterocycles. The normalized spacial score (nSPS) is 12.0. The van der Waals surface area contributed by atoms with E-state index in [0.717, 1.165) is 6.07 Å². The molecule has 4 nitrogen and oxygen atoms in total. The molecule has 0 bridgehead atoms. The number of hydrogen-bond donors (Lipinski definition) is 3. The highest BCUT2D eigenvalue weighted by atomic mass is 19.1. The van der Waals surface area contributed by atoms with E-state index in [4.69, 9.17) is 5.73 Å². The minimum Gasteiger partial charge on any atom is -0.397 e. The summed E-state index contributed by atoms with van der Waals surface area (Å²) in [5.74, 6) is -1.70. The molecule has 0 radical (unpaired) electrons. The van der Waals surface area contributed by atoms with Gasteiger partial charge < -0.3 is 16.4 Å². The number of halogens is 2. The molecule has 122 valence electrons. The number of rotatable bonds is 1. The summed E-state index contributed by atoms with van der Waals surface area (Å²) in [5, 5.41) is 4.36. The van der Waals surface area contributed by atoms with E-state index in [1.165, 1.54) is 26.3 Å². The molecule has 0 aromatic heterocycles. The van der Waals surface area contributed by atoms with E-state index in [0.29, 0.717) is 6.07 Å². The zero-order valence-corrected chi connectivity index (χ0v) is 12.8. The number of hydrogen-bond acceptors (Lipinski definition) is 2. The number of fused-ring (bicyclic) bond motifs is 1. The van der Waals surface area contributed by atoms with E-state index in [-0.39, 0.29) is 11.4 Å². The minimum atomic E-state index is -0.911.